The molecule has 0 bridgehead atoms. The maximum absolute atomic E-state index is 11.4. The van der Waals surface area contributed by atoms with E-state index >= 15 is 0 Å². The van der Waals surface area contributed by atoms with Crippen LogP contribution in [0.5, 0.6) is 0 Å². The first-order chi connectivity index (χ1) is 11.7. The number of benzene rings is 2. The van der Waals surface area contributed by atoms with Gasteiger partial charge in [0.1, 0.15) is 5.82 Å². The van der Waals surface area contributed by atoms with Crippen LogP contribution in [-0.2, 0) is 9.53 Å². The molecule has 0 aliphatic carbocycles. The summed E-state index contributed by atoms with van der Waals surface area (Å²) in [6.45, 7) is 2.15. The topological polar surface area (TPSA) is 64.1 Å². The quantitative estimate of drug-likeness (QED) is 0.570. The third-order valence-corrected chi connectivity index (χ3v) is 3.31. The highest BCUT2D eigenvalue weighted by atomic mass is 16.5. The van der Waals surface area contributed by atoms with Crippen LogP contribution in [0.4, 0.5) is 11.5 Å². The predicted molar refractivity (Wildman–Crippen MR) is 94.9 cm³/mol. The summed E-state index contributed by atoms with van der Waals surface area (Å²) in [4.78, 5) is 20.3. The van der Waals surface area contributed by atoms with Gasteiger partial charge in [-0.05, 0) is 42.8 Å². The first-order valence-corrected chi connectivity index (χ1v) is 7.68. The number of anilines is 2. The van der Waals surface area contributed by atoms with Gasteiger partial charge in [-0.15, -0.1) is 0 Å². The van der Waals surface area contributed by atoms with Crippen LogP contribution < -0.4 is 5.32 Å². The van der Waals surface area contributed by atoms with Gasteiger partial charge in [-0.25, -0.2) is 9.78 Å². The molecule has 5 nitrogen and oxygen atoms in total. The first kappa shape index (κ1) is 15.7. The second kappa shape index (κ2) is 7.37. The Morgan fingerprint density at radius 2 is 2.00 bits per heavy atom. The van der Waals surface area contributed by atoms with E-state index in [1.807, 2.05) is 48.5 Å². The lowest BCUT2D eigenvalue weighted by Crippen LogP contribution is -1.98. The lowest BCUT2D eigenvalue weighted by atomic mass is 10.2. The number of nitrogens with one attached hydrogen (secondary N) is 1. The molecular formula is C19H17N3O2. The number of carbonyl (C=O) groups excluding carboxylic acids is 1. The predicted octanol–water partition coefficient (Wildman–Crippen LogP) is 3.95. The molecule has 0 fully saturated rings. The molecule has 1 heterocycles. The van der Waals surface area contributed by atoms with Crippen LogP contribution in [0.2, 0.25) is 0 Å². The van der Waals surface area contributed by atoms with Gasteiger partial charge < -0.3 is 10.1 Å². The molecule has 3 aromatic rings. The summed E-state index contributed by atoms with van der Waals surface area (Å²) in [6.07, 6.45) is 4.83. The molecule has 0 spiro atoms. The molecule has 0 radical (unpaired) electrons. The molecule has 1 N–H and O–H groups in total. The molecule has 120 valence electrons. The summed E-state index contributed by atoms with van der Waals surface area (Å²) in [5.74, 6) is 0.316. The number of rotatable bonds is 5. The monoisotopic (exact) mass is 319 g/mol. The van der Waals surface area contributed by atoms with Crippen LogP contribution in [0.15, 0.2) is 60.8 Å². The highest BCUT2D eigenvalue weighted by Crippen LogP contribution is 2.18. The normalized spacial score (nSPS) is 10.9. The summed E-state index contributed by atoms with van der Waals surface area (Å²) in [6, 6.07) is 15.4. The van der Waals surface area contributed by atoms with Gasteiger partial charge in [0.25, 0.3) is 0 Å². The van der Waals surface area contributed by atoms with Crippen LogP contribution in [0.3, 0.4) is 0 Å². The van der Waals surface area contributed by atoms with Gasteiger partial charge in [0.05, 0.1) is 23.8 Å². The minimum atomic E-state index is -0.351. The van der Waals surface area contributed by atoms with Crippen molar-refractivity contribution in [1.82, 2.24) is 9.97 Å². The lowest BCUT2D eigenvalue weighted by Gasteiger charge is -2.07. The van der Waals surface area contributed by atoms with Gasteiger partial charge in [0.15, 0.2) is 0 Å². The summed E-state index contributed by atoms with van der Waals surface area (Å²) < 4.78 is 4.87. The maximum Gasteiger partial charge on any atom is 0.330 e. The number of esters is 1. The summed E-state index contributed by atoms with van der Waals surface area (Å²) >= 11 is 0. The van der Waals surface area contributed by atoms with Gasteiger partial charge >= 0.3 is 5.97 Å². The third kappa shape index (κ3) is 3.95. The Labute approximate surface area is 140 Å². The standard InChI is InChI=1S/C19H17N3O2/c1-2-24-19(23)11-10-14-6-5-7-15(12-14)21-18-13-20-16-8-3-4-9-17(16)22-18/h3-13H,2H2,1H3,(H,21,22)/b11-10+. The number of para-hydroxylation sites is 2. The van der Waals surface area contributed by atoms with E-state index in [0.717, 1.165) is 22.3 Å². The van der Waals surface area contributed by atoms with Crippen molar-refractivity contribution in [2.75, 3.05) is 11.9 Å². The van der Waals surface area contributed by atoms with Gasteiger partial charge in [-0.1, -0.05) is 24.3 Å². The summed E-state index contributed by atoms with van der Waals surface area (Å²) in [5, 5.41) is 3.23. The van der Waals surface area contributed by atoms with E-state index in [9.17, 15) is 4.79 Å². The van der Waals surface area contributed by atoms with Crippen molar-refractivity contribution < 1.29 is 9.53 Å². The number of fused-ring (bicyclic) bond motifs is 1. The smallest absolute Gasteiger partial charge is 0.330 e. The zero-order chi connectivity index (χ0) is 16.8. The zero-order valence-corrected chi connectivity index (χ0v) is 13.3. The lowest BCUT2D eigenvalue weighted by molar-refractivity contribution is -0.137. The molecule has 0 saturated carbocycles. The Morgan fingerprint density at radius 1 is 1.17 bits per heavy atom. The maximum atomic E-state index is 11.4. The first-order valence-electron chi connectivity index (χ1n) is 7.68. The van der Waals surface area contributed by atoms with E-state index in [4.69, 9.17) is 4.74 Å². The Hall–Kier alpha value is -3.21. The molecule has 0 saturated heterocycles. The van der Waals surface area contributed by atoms with Gasteiger partial charge in [-0.3, -0.25) is 4.98 Å². The average Bonchev–Trinajstić information content (AvgIpc) is 2.60. The molecule has 0 atom stereocenters. The fourth-order valence-corrected chi connectivity index (χ4v) is 2.24. The van der Waals surface area contributed by atoms with Crippen LogP contribution in [-0.4, -0.2) is 22.5 Å². The Morgan fingerprint density at radius 3 is 2.83 bits per heavy atom. The molecule has 0 aliphatic heterocycles. The third-order valence-electron chi connectivity index (χ3n) is 3.31. The van der Waals surface area contributed by atoms with E-state index in [-0.39, 0.29) is 5.97 Å². The van der Waals surface area contributed by atoms with Gasteiger partial charge in [-0.2, -0.15) is 0 Å². The molecular weight excluding hydrogens is 302 g/mol. The van der Waals surface area contributed by atoms with Crippen molar-refractivity contribution in [3.05, 3.63) is 66.4 Å². The fraction of sp³-hybridized carbons (Fsp3) is 0.105. The van der Waals surface area contributed by atoms with Crippen LogP contribution in [0.1, 0.15) is 12.5 Å². The zero-order valence-electron chi connectivity index (χ0n) is 13.3. The van der Waals surface area contributed by atoms with Crippen molar-refractivity contribution in [2.45, 2.75) is 6.92 Å². The van der Waals surface area contributed by atoms with Crippen molar-refractivity contribution in [2.24, 2.45) is 0 Å². The number of hydrogen-bond acceptors (Lipinski definition) is 5. The van der Waals surface area contributed by atoms with E-state index in [1.165, 1.54) is 6.08 Å². The highest BCUT2D eigenvalue weighted by Gasteiger charge is 2.01. The molecule has 24 heavy (non-hydrogen) atoms. The molecule has 5 heteroatoms. The van der Waals surface area contributed by atoms with Crippen molar-refractivity contribution in [3.63, 3.8) is 0 Å². The largest absolute Gasteiger partial charge is 0.463 e. The molecule has 2 aromatic carbocycles. The minimum Gasteiger partial charge on any atom is -0.463 e. The number of aromatic nitrogens is 2. The Kier molecular flexibility index (Phi) is 4.81. The average molecular weight is 319 g/mol. The van der Waals surface area contributed by atoms with Crippen LogP contribution in [0, 0.1) is 0 Å². The molecule has 0 unspecified atom stereocenters. The second-order valence-electron chi connectivity index (χ2n) is 5.08. The number of nitrogens with zero attached hydrogens (tertiary/aromatic N) is 2. The van der Waals surface area contributed by atoms with E-state index in [0.29, 0.717) is 12.4 Å². The van der Waals surface area contributed by atoms with E-state index in [2.05, 4.69) is 15.3 Å². The SMILES string of the molecule is CCOC(=O)/C=C/c1cccc(Nc2cnc3ccccc3n2)c1. The Bertz CT molecular complexity index is 890. The number of ether oxygens (including phenoxy) is 1. The number of hydrogen-bond donors (Lipinski definition) is 1. The van der Waals surface area contributed by atoms with E-state index < -0.39 is 0 Å². The fourth-order valence-electron chi connectivity index (χ4n) is 2.24. The molecule has 3 rings (SSSR count). The minimum absolute atomic E-state index is 0.351. The second-order valence-corrected chi connectivity index (χ2v) is 5.08. The summed E-state index contributed by atoms with van der Waals surface area (Å²) in [7, 11) is 0. The van der Waals surface area contributed by atoms with Crippen molar-refractivity contribution in [1.29, 1.82) is 0 Å². The molecule has 0 amide bonds. The van der Waals surface area contributed by atoms with Gasteiger partial charge in [0, 0.05) is 11.8 Å². The summed E-state index contributed by atoms with van der Waals surface area (Å²) in [5.41, 5.74) is 3.45. The van der Waals surface area contributed by atoms with Crippen LogP contribution >= 0.6 is 0 Å². The highest BCUT2D eigenvalue weighted by molar-refractivity contribution is 5.87. The van der Waals surface area contributed by atoms with Crippen LogP contribution in [0.25, 0.3) is 17.1 Å². The number of carbonyl (C=O) groups is 1. The van der Waals surface area contributed by atoms with Crippen molar-refractivity contribution in [3.8, 4) is 0 Å². The van der Waals surface area contributed by atoms with Crippen molar-refractivity contribution >= 4 is 34.6 Å². The molecule has 0 aliphatic rings. The van der Waals surface area contributed by atoms with E-state index in [1.54, 1.807) is 19.2 Å². The Balaban J connectivity index is 1.77. The molecule has 1 aromatic heterocycles. The van der Waals surface area contributed by atoms with Gasteiger partial charge in [0.2, 0.25) is 0 Å².